The Kier molecular flexibility index (Phi) is 5.77. The van der Waals surface area contributed by atoms with Gasteiger partial charge >= 0.3 is 0 Å². The van der Waals surface area contributed by atoms with Crippen molar-refractivity contribution < 1.29 is 4.79 Å². The summed E-state index contributed by atoms with van der Waals surface area (Å²) in [5.74, 6) is 0.00550. The largest absolute Gasteiger partial charge is 0.355 e. The Morgan fingerprint density at radius 1 is 1.56 bits per heavy atom. The van der Waals surface area contributed by atoms with Gasteiger partial charge in [0.05, 0.1) is 0 Å². The molecule has 0 radical (unpaired) electrons. The Hall–Kier alpha value is -0.610. The summed E-state index contributed by atoms with van der Waals surface area (Å²) in [6.07, 6.45) is 3.92. The van der Waals surface area contributed by atoms with Crippen LogP contribution in [0.4, 0.5) is 0 Å². The van der Waals surface area contributed by atoms with Crippen molar-refractivity contribution in [2.75, 3.05) is 26.2 Å². The minimum absolute atomic E-state index is 0.0706. The summed E-state index contributed by atoms with van der Waals surface area (Å²) in [6.45, 7) is 7.43. The summed E-state index contributed by atoms with van der Waals surface area (Å²) in [7, 11) is 0. The summed E-state index contributed by atoms with van der Waals surface area (Å²) in [5, 5.41) is 2.94. The highest BCUT2D eigenvalue weighted by Gasteiger charge is 2.18. The van der Waals surface area contributed by atoms with E-state index in [-0.39, 0.29) is 11.8 Å². The van der Waals surface area contributed by atoms with Gasteiger partial charge in [-0.25, -0.2) is 0 Å². The molecule has 1 saturated heterocycles. The average Bonchev–Trinajstić information content (AvgIpc) is 2.30. The zero-order valence-electron chi connectivity index (χ0n) is 10.5. The van der Waals surface area contributed by atoms with Gasteiger partial charge in [-0.05, 0) is 26.3 Å². The molecule has 16 heavy (non-hydrogen) atoms. The predicted molar refractivity (Wildman–Crippen MR) is 66.1 cm³/mol. The van der Waals surface area contributed by atoms with E-state index < -0.39 is 0 Å². The summed E-state index contributed by atoms with van der Waals surface area (Å²) in [6, 6.07) is 0.664. The second-order valence-electron chi connectivity index (χ2n) is 4.81. The van der Waals surface area contributed by atoms with Crippen molar-refractivity contribution >= 4 is 5.91 Å². The van der Waals surface area contributed by atoms with Gasteiger partial charge in [-0.1, -0.05) is 13.3 Å². The molecule has 1 rings (SSSR count). The van der Waals surface area contributed by atoms with Gasteiger partial charge in [0.2, 0.25) is 5.91 Å². The number of nitrogens with one attached hydrogen (secondary N) is 1. The van der Waals surface area contributed by atoms with E-state index >= 15 is 0 Å². The van der Waals surface area contributed by atoms with Crippen molar-refractivity contribution in [3.8, 4) is 0 Å². The van der Waals surface area contributed by atoms with Crippen molar-refractivity contribution in [3.63, 3.8) is 0 Å². The number of piperidine rings is 1. The summed E-state index contributed by atoms with van der Waals surface area (Å²) < 4.78 is 0. The van der Waals surface area contributed by atoms with E-state index in [2.05, 4.69) is 17.1 Å². The van der Waals surface area contributed by atoms with Gasteiger partial charge in [0, 0.05) is 31.6 Å². The maximum Gasteiger partial charge on any atom is 0.224 e. The lowest BCUT2D eigenvalue weighted by Gasteiger charge is -2.33. The van der Waals surface area contributed by atoms with Crippen molar-refractivity contribution in [3.05, 3.63) is 0 Å². The average molecular weight is 227 g/mol. The van der Waals surface area contributed by atoms with Crippen molar-refractivity contribution in [2.45, 2.75) is 39.2 Å². The molecule has 94 valence electrons. The number of likely N-dealkylation sites (tertiary alicyclic amines) is 1. The smallest absolute Gasteiger partial charge is 0.224 e. The third-order valence-corrected chi connectivity index (χ3v) is 3.44. The monoisotopic (exact) mass is 227 g/mol. The molecule has 0 aliphatic carbocycles. The number of carbonyl (C=O) groups is 1. The van der Waals surface area contributed by atoms with Gasteiger partial charge < -0.3 is 11.1 Å². The number of nitrogens with two attached hydrogens (primary N) is 1. The van der Waals surface area contributed by atoms with Crippen LogP contribution in [0.3, 0.4) is 0 Å². The number of nitrogens with zero attached hydrogens (tertiary/aromatic N) is 1. The molecule has 0 saturated carbocycles. The van der Waals surface area contributed by atoms with Gasteiger partial charge in [0.1, 0.15) is 0 Å². The fourth-order valence-corrected chi connectivity index (χ4v) is 2.09. The first-order chi connectivity index (χ1) is 7.65. The first-order valence-corrected chi connectivity index (χ1v) is 6.37. The summed E-state index contributed by atoms with van der Waals surface area (Å²) in [4.78, 5) is 13.9. The van der Waals surface area contributed by atoms with Crippen LogP contribution in [0.15, 0.2) is 0 Å². The third kappa shape index (κ3) is 4.10. The highest BCUT2D eigenvalue weighted by atomic mass is 16.1. The van der Waals surface area contributed by atoms with E-state index in [9.17, 15) is 4.79 Å². The molecule has 0 spiro atoms. The summed E-state index contributed by atoms with van der Waals surface area (Å²) >= 11 is 0. The van der Waals surface area contributed by atoms with Crippen LogP contribution in [0.1, 0.15) is 33.1 Å². The molecule has 0 aromatic rings. The Balaban J connectivity index is 2.16. The molecule has 0 aromatic heterocycles. The maximum absolute atomic E-state index is 11.5. The minimum Gasteiger partial charge on any atom is -0.355 e. The van der Waals surface area contributed by atoms with Gasteiger partial charge in [0.25, 0.3) is 0 Å². The molecule has 1 aliphatic heterocycles. The zero-order valence-corrected chi connectivity index (χ0v) is 10.5. The van der Waals surface area contributed by atoms with Gasteiger partial charge in [-0.2, -0.15) is 0 Å². The lowest BCUT2D eigenvalue weighted by atomic mass is 10.0. The highest BCUT2D eigenvalue weighted by molar-refractivity contribution is 5.78. The Labute approximate surface area is 98.6 Å². The highest BCUT2D eigenvalue weighted by Crippen LogP contribution is 2.15. The number of rotatable bonds is 5. The minimum atomic E-state index is -0.0706. The van der Waals surface area contributed by atoms with Crippen molar-refractivity contribution in [1.29, 1.82) is 0 Å². The molecule has 1 heterocycles. The molecule has 2 atom stereocenters. The number of amides is 1. The van der Waals surface area contributed by atoms with E-state index in [1.54, 1.807) is 0 Å². The first-order valence-electron chi connectivity index (χ1n) is 6.37. The molecule has 0 aromatic carbocycles. The molecule has 1 fully saturated rings. The first kappa shape index (κ1) is 13.5. The second kappa shape index (κ2) is 6.86. The lowest BCUT2D eigenvalue weighted by molar-refractivity contribution is -0.124. The van der Waals surface area contributed by atoms with Gasteiger partial charge in [-0.3, -0.25) is 9.69 Å². The Morgan fingerprint density at radius 3 is 2.94 bits per heavy atom. The van der Waals surface area contributed by atoms with Crippen molar-refractivity contribution in [1.82, 2.24) is 10.2 Å². The topological polar surface area (TPSA) is 58.4 Å². The van der Waals surface area contributed by atoms with Crippen LogP contribution in [-0.4, -0.2) is 43.0 Å². The third-order valence-electron chi connectivity index (χ3n) is 3.44. The number of hydrogen-bond donors (Lipinski definition) is 2. The molecule has 2 unspecified atom stereocenters. The SMILES string of the molecule is CC(CN)C(=O)NCCN1CCCCC1C. The van der Waals surface area contributed by atoms with E-state index in [4.69, 9.17) is 5.73 Å². The molecule has 1 aliphatic rings. The van der Waals surface area contributed by atoms with Crippen LogP contribution in [0.5, 0.6) is 0 Å². The summed E-state index contributed by atoms with van der Waals surface area (Å²) in [5.41, 5.74) is 5.44. The number of carbonyl (C=O) groups excluding carboxylic acids is 1. The fourth-order valence-electron chi connectivity index (χ4n) is 2.09. The lowest BCUT2D eigenvalue weighted by Crippen LogP contribution is -2.43. The Bertz CT molecular complexity index is 220. The van der Waals surface area contributed by atoms with E-state index in [1.807, 2.05) is 6.92 Å². The van der Waals surface area contributed by atoms with E-state index in [0.29, 0.717) is 12.6 Å². The molecule has 1 amide bonds. The van der Waals surface area contributed by atoms with E-state index in [0.717, 1.165) is 13.1 Å². The van der Waals surface area contributed by atoms with E-state index in [1.165, 1.54) is 25.8 Å². The maximum atomic E-state index is 11.5. The quantitative estimate of drug-likeness (QED) is 0.722. The molecule has 4 nitrogen and oxygen atoms in total. The van der Waals surface area contributed by atoms with Crippen LogP contribution >= 0.6 is 0 Å². The molecule has 3 N–H and O–H groups in total. The van der Waals surface area contributed by atoms with Gasteiger partial charge in [0.15, 0.2) is 0 Å². The molecular formula is C12H25N3O. The van der Waals surface area contributed by atoms with Crippen molar-refractivity contribution in [2.24, 2.45) is 11.7 Å². The number of hydrogen-bond acceptors (Lipinski definition) is 3. The van der Waals surface area contributed by atoms with Crippen LogP contribution < -0.4 is 11.1 Å². The normalized spacial score (nSPS) is 24.1. The fraction of sp³-hybridized carbons (Fsp3) is 0.917. The predicted octanol–water partition coefficient (Wildman–Crippen LogP) is 0.572. The molecule has 4 heteroatoms. The molecular weight excluding hydrogens is 202 g/mol. The second-order valence-corrected chi connectivity index (χ2v) is 4.81. The van der Waals surface area contributed by atoms with Crippen LogP contribution in [-0.2, 0) is 4.79 Å². The zero-order chi connectivity index (χ0) is 12.0. The standard InChI is InChI=1S/C12H25N3O/c1-10(9-13)12(16)14-6-8-15-7-4-3-5-11(15)2/h10-11H,3-9,13H2,1-2H3,(H,14,16). The van der Waals surface area contributed by atoms with Crippen LogP contribution in [0.25, 0.3) is 0 Å². The molecule has 0 bridgehead atoms. The van der Waals surface area contributed by atoms with Crippen LogP contribution in [0.2, 0.25) is 0 Å². The van der Waals surface area contributed by atoms with Gasteiger partial charge in [-0.15, -0.1) is 0 Å². The van der Waals surface area contributed by atoms with Crippen LogP contribution in [0, 0.1) is 5.92 Å². The Morgan fingerprint density at radius 2 is 2.31 bits per heavy atom.